The minimum Gasteiger partial charge on any atom is -0.481 e. The van der Waals surface area contributed by atoms with Crippen LogP contribution in [0.1, 0.15) is 37.0 Å². The molecule has 5 heteroatoms. The molecular formula is C20H21ClN2O2. The summed E-state index contributed by atoms with van der Waals surface area (Å²) in [6.07, 6.45) is 2.81. The van der Waals surface area contributed by atoms with Gasteiger partial charge in [-0.1, -0.05) is 29.8 Å². The summed E-state index contributed by atoms with van der Waals surface area (Å²) in [6.45, 7) is 3.57. The summed E-state index contributed by atoms with van der Waals surface area (Å²) >= 11 is 5.92. The van der Waals surface area contributed by atoms with Crippen molar-refractivity contribution in [2.45, 2.75) is 39.2 Å². The normalized spacial score (nSPS) is 14.8. The monoisotopic (exact) mass is 356 g/mol. The fourth-order valence-electron chi connectivity index (χ4n) is 2.89. The Labute approximate surface area is 152 Å². The first-order valence-corrected chi connectivity index (χ1v) is 8.79. The van der Waals surface area contributed by atoms with Crippen LogP contribution in [0, 0.1) is 0 Å². The number of hydrogen-bond donors (Lipinski definition) is 1. The van der Waals surface area contributed by atoms with Gasteiger partial charge in [0.25, 0.3) is 5.91 Å². The first kappa shape index (κ1) is 17.5. The average Bonchev–Trinajstić information content (AvgIpc) is 3.07. The highest BCUT2D eigenvalue weighted by molar-refractivity contribution is 6.30. The lowest BCUT2D eigenvalue weighted by molar-refractivity contribution is -0.127. The van der Waals surface area contributed by atoms with E-state index < -0.39 is 6.10 Å². The van der Waals surface area contributed by atoms with Gasteiger partial charge in [0.1, 0.15) is 5.75 Å². The number of aryl methyl sites for hydroxylation is 2. The lowest BCUT2D eigenvalue weighted by atomic mass is 10.0. The highest BCUT2D eigenvalue weighted by Gasteiger charge is 2.15. The SMILES string of the molecule is CC(=NNC(=O)[C@H](C)Oc1cccc(Cl)c1)c1ccc2c(c1)CCC2. The molecule has 3 rings (SSSR count). The van der Waals surface area contributed by atoms with Crippen molar-refractivity contribution in [3.05, 3.63) is 64.2 Å². The van der Waals surface area contributed by atoms with Gasteiger partial charge in [-0.25, -0.2) is 5.43 Å². The number of hydrogen-bond acceptors (Lipinski definition) is 3. The summed E-state index contributed by atoms with van der Waals surface area (Å²) in [5, 5.41) is 4.78. The Bertz CT molecular complexity index is 817. The van der Waals surface area contributed by atoms with Crippen LogP contribution >= 0.6 is 11.6 Å². The molecule has 0 bridgehead atoms. The second-order valence-electron chi connectivity index (χ2n) is 6.23. The first-order chi connectivity index (χ1) is 12.0. The van der Waals surface area contributed by atoms with E-state index in [1.165, 1.54) is 17.5 Å². The van der Waals surface area contributed by atoms with E-state index in [2.05, 4.69) is 28.7 Å². The largest absolute Gasteiger partial charge is 0.481 e. The Kier molecular flexibility index (Phi) is 5.39. The molecule has 0 heterocycles. The number of rotatable bonds is 5. The zero-order valence-corrected chi connectivity index (χ0v) is 15.1. The predicted octanol–water partition coefficient (Wildman–Crippen LogP) is 4.14. The number of amides is 1. The van der Waals surface area contributed by atoms with Crippen LogP contribution in [0.25, 0.3) is 0 Å². The molecule has 0 unspecified atom stereocenters. The summed E-state index contributed by atoms with van der Waals surface area (Å²) < 4.78 is 5.59. The molecule has 2 aromatic carbocycles. The summed E-state index contributed by atoms with van der Waals surface area (Å²) in [6, 6.07) is 13.3. The Hall–Kier alpha value is -2.33. The molecular weight excluding hydrogens is 336 g/mol. The fraction of sp³-hybridized carbons (Fsp3) is 0.300. The van der Waals surface area contributed by atoms with Gasteiger partial charge >= 0.3 is 0 Å². The van der Waals surface area contributed by atoms with Gasteiger partial charge in [-0.3, -0.25) is 4.79 Å². The van der Waals surface area contributed by atoms with Crippen molar-refractivity contribution in [1.29, 1.82) is 0 Å². The Morgan fingerprint density at radius 2 is 2.00 bits per heavy atom. The number of benzene rings is 2. The molecule has 25 heavy (non-hydrogen) atoms. The topological polar surface area (TPSA) is 50.7 Å². The molecule has 0 aliphatic heterocycles. The molecule has 1 aliphatic carbocycles. The summed E-state index contributed by atoms with van der Waals surface area (Å²) in [5.74, 6) is 0.245. The van der Waals surface area contributed by atoms with Gasteiger partial charge in [0.2, 0.25) is 0 Å². The van der Waals surface area contributed by atoms with E-state index in [9.17, 15) is 4.79 Å². The number of carbonyl (C=O) groups excluding carboxylic acids is 1. The van der Waals surface area contributed by atoms with Crippen LogP contribution in [0.5, 0.6) is 5.75 Å². The summed E-state index contributed by atoms with van der Waals surface area (Å²) in [5.41, 5.74) is 7.19. The maximum absolute atomic E-state index is 12.2. The van der Waals surface area contributed by atoms with E-state index in [-0.39, 0.29) is 5.91 Å². The van der Waals surface area contributed by atoms with E-state index in [0.29, 0.717) is 10.8 Å². The molecule has 4 nitrogen and oxygen atoms in total. The highest BCUT2D eigenvalue weighted by atomic mass is 35.5. The highest BCUT2D eigenvalue weighted by Crippen LogP contribution is 2.23. The summed E-state index contributed by atoms with van der Waals surface area (Å²) in [7, 11) is 0. The quantitative estimate of drug-likeness (QED) is 0.646. The Balaban J connectivity index is 1.61. The third kappa shape index (κ3) is 4.40. The van der Waals surface area contributed by atoms with Crippen molar-refractivity contribution in [2.24, 2.45) is 5.10 Å². The van der Waals surface area contributed by atoms with Crippen LogP contribution in [0.2, 0.25) is 5.02 Å². The van der Waals surface area contributed by atoms with Crippen LogP contribution in [-0.4, -0.2) is 17.7 Å². The smallest absolute Gasteiger partial charge is 0.280 e. The van der Waals surface area contributed by atoms with Gasteiger partial charge in [-0.15, -0.1) is 0 Å². The van der Waals surface area contributed by atoms with Crippen molar-refractivity contribution in [3.63, 3.8) is 0 Å². The van der Waals surface area contributed by atoms with Crippen molar-refractivity contribution >= 4 is 23.2 Å². The number of carbonyl (C=O) groups is 1. The third-order valence-electron chi connectivity index (χ3n) is 4.33. The minimum absolute atomic E-state index is 0.305. The van der Waals surface area contributed by atoms with Gasteiger partial charge in [-0.2, -0.15) is 5.10 Å². The number of hydrazone groups is 1. The number of halogens is 1. The number of nitrogens with one attached hydrogen (secondary N) is 1. The van der Waals surface area contributed by atoms with Crippen molar-refractivity contribution in [2.75, 3.05) is 0 Å². The molecule has 130 valence electrons. The minimum atomic E-state index is -0.671. The standard InChI is InChI=1S/C20H21ClN2O2/c1-13(16-10-9-15-5-3-6-17(15)11-16)22-23-20(24)14(2)25-19-8-4-7-18(21)12-19/h4,7-12,14H,3,5-6H2,1-2H3,(H,23,24)/t14-/m0/s1. The molecule has 0 aromatic heterocycles. The van der Waals surface area contributed by atoms with Crippen LogP contribution < -0.4 is 10.2 Å². The van der Waals surface area contributed by atoms with E-state index >= 15 is 0 Å². The van der Waals surface area contributed by atoms with Crippen molar-refractivity contribution < 1.29 is 9.53 Å². The van der Waals surface area contributed by atoms with Gasteiger partial charge in [0.15, 0.2) is 6.10 Å². The van der Waals surface area contributed by atoms with Gasteiger partial charge in [-0.05, 0) is 74.1 Å². The van der Waals surface area contributed by atoms with Crippen molar-refractivity contribution in [1.82, 2.24) is 5.43 Å². The number of nitrogens with zero attached hydrogens (tertiary/aromatic N) is 1. The lowest BCUT2D eigenvalue weighted by Crippen LogP contribution is -2.33. The molecule has 0 saturated heterocycles. The zero-order chi connectivity index (χ0) is 17.8. The zero-order valence-electron chi connectivity index (χ0n) is 14.4. The van der Waals surface area contributed by atoms with E-state index in [0.717, 1.165) is 24.1 Å². The number of fused-ring (bicyclic) bond motifs is 1. The molecule has 1 amide bonds. The molecule has 0 fully saturated rings. The Morgan fingerprint density at radius 3 is 2.80 bits per heavy atom. The van der Waals surface area contributed by atoms with Gasteiger partial charge < -0.3 is 4.74 Å². The number of ether oxygens (including phenoxy) is 1. The molecule has 1 atom stereocenters. The average molecular weight is 357 g/mol. The van der Waals surface area contributed by atoms with Crippen molar-refractivity contribution in [3.8, 4) is 5.75 Å². The lowest BCUT2D eigenvalue weighted by Gasteiger charge is -2.13. The molecule has 0 saturated carbocycles. The van der Waals surface area contributed by atoms with Gasteiger partial charge in [0.05, 0.1) is 5.71 Å². The third-order valence-corrected chi connectivity index (χ3v) is 4.56. The van der Waals surface area contributed by atoms with Crippen LogP contribution in [-0.2, 0) is 17.6 Å². The molecule has 0 spiro atoms. The van der Waals surface area contributed by atoms with E-state index in [1.807, 2.05) is 6.92 Å². The molecule has 1 N–H and O–H groups in total. The van der Waals surface area contributed by atoms with Crippen LogP contribution in [0.15, 0.2) is 47.6 Å². The maximum Gasteiger partial charge on any atom is 0.280 e. The Morgan fingerprint density at radius 1 is 1.20 bits per heavy atom. The first-order valence-electron chi connectivity index (χ1n) is 8.41. The van der Waals surface area contributed by atoms with Crippen LogP contribution in [0.3, 0.4) is 0 Å². The van der Waals surface area contributed by atoms with Gasteiger partial charge in [0, 0.05) is 5.02 Å². The molecule has 1 aliphatic rings. The van der Waals surface area contributed by atoms with E-state index in [4.69, 9.17) is 16.3 Å². The second-order valence-corrected chi connectivity index (χ2v) is 6.66. The summed E-state index contributed by atoms with van der Waals surface area (Å²) in [4.78, 5) is 12.2. The van der Waals surface area contributed by atoms with E-state index in [1.54, 1.807) is 31.2 Å². The second kappa shape index (κ2) is 7.70. The maximum atomic E-state index is 12.2. The fourth-order valence-corrected chi connectivity index (χ4v) is 3.07. The van der Waals surface area contributed by atoms with Crippen LogP contribution in [0.4, 0.5) is 0 Å². The predicted molar refractivity (Wildman–Crippen MR) is 100 cm³/mol. The molecule has 0 radical (unpaired) electrons. The molecule has 2 aromatic rings.